The van der Waals surface area contributed by atoms with Crippen molar-refractivity contribution in [3.05, 3.63) is 106 Å². The molecule has 0 aromatic heterocycles. The predicted molar refractivity (Wildman–Crippen MR) is 206 cm³/mol. The summed E-state index contributed by atoms with van der Waals surface area (Å²) >= 11 is 12.5. The molecular weight excluding hydrogens is 731 g/mol. The molecule has 4 heterocycles. The number of rotatable bonds is 3. The molecule has 2 fully saturated rings. The van der Waals surface area contributed by atoms with Gasteiger partial charge in [-0.05, 0) is 87.6 Å². The van der Waals surface area contributed by atoms with Crippen LogP contribution in [0.5, 0.6) is 23.0 Å². The summed E-state index contributed by atoms with van der Waals surface area (Å²) in [6, 6.07) is 27.6. The number of likely N-dealkylation sites (N-methyl/N-ethyl adjacent to an activating group) is 2. The summed E-state index contributed by atoms with van der Waals surface area (Å²) in [6.07, 6.45) is -0.940. The highest BCUT2D eigenvalue weighted by Crippen LogP contribution is 2.38. The van der Waals surface area contributed by atoms with Gasteiger partial charge in [-0.25, -0.2) is 10.6 Å². The summed E-state index contributed by atoms with van der Waals surface area (Å²) in [6.45, 7) is 8.10. The van der Waals surface area contributed by atoms with Crippen LogP contribution in [-0.4, -0.2) is 109 Å². The highest BCUT2D eigenvalue weighted by atomic mass is 35.5. The van der Waals surface area contributed by atoms with Gasteiger partial charge < -0.3 is 29.3 Å². The number of anilines is 2. The Morgan fingerprint density at radius 3 is 1.35 bits per heavy atom. The van der Waals surface area contributed by atoms with E-state index < -0.39 is 24.8 Å². The molecule has 54 heavy (non-hydrogen) atoms. The normalized spacial score (nSPS) is 16.3. The number of amidine groups is 2. The molecule has 4 aromatic carbocycles. The van der Waals surface area contributed by atoms with Crippen LogP contribution in [0.25, 0.3) is 0 Å². The van der Waals surface area contributed by atoms with E-state index in [1.807, 2.05) is 84.9 Å². The molecule has 0 radical (unpaired) electrons. The molecule has 0 saturated carbocycles. The Balaban J connectivity index is 0.000000154. The smallest absolute Gasteiger partial charge is 0.286 e. The van der Waals surface area contributed by atoms with Crippen LogP contribution in [-0.2, 0) is 9.59 Å². The van der Waals surface area contributed by atoms with Crippen molar-refractivity contribution in [2.75, 3.05) is 77.1 Å². The van der Waals surface area contributed by atoms with Gasteiger partial charge in [0, 0.05) is 48.2 Å². The van der Waals surface area contributed by atoms with Crippen LogP contribution in [0.3, 0.4) is 0 Å². The van der Waals surface area contributed by atoms with E-state index in [1.54, 1.807) is 0 Å². The standard InChI is InChI=1S/2C18H18ClN3O.C4H6O4/c2*1-21-8-10-22(11-9-21)18-14-12-13(19)6-7-16(14)23-17-5-3-2-4-15(17)20-18;5-3(6)1-2-4(7)8/h2*2-7,12H,8-11H2,1H3;1-2H2,(H,5,6)(H,7,8). The van der Waals surface area contributed by atoms with Crippen molar-refractivity contribution in [2.45, 2.75) is 12.8 Å². The third-order valence-corrected chi connectivity index (χ3v) is 9.76. The number of carboxylic acid groups (broad SMARTS) is 2. The van der Waals surface area contributed by atoms with Gasteiger partial charge >= 0.3 is 0 Å². The average Bonchev–Trinajstić information content (AvgIpc) is 3.43. The number of hydrogen-bond acceptors (Lipinski definition) is 8. The molecule has 8 rings (SSSR count). The van der Waals surface area contributed by atoms with Crippen LogP contribution in [0.4, 0.5) is 11.4 Å². The number of carbonyl (C=O) groups is 2. The van der Waals surface area contributed by atoms with Gasteiger partial charge in [0.15, 0.2) is 22.9 Å². The van der Waals surface area contributed by atoms with Crippen molar-refractivity contribution in [3.8, 4) is 23.0 Å². The lowest BCUT2D eigenvalue weighted by Crippen LogP contribution is -2.43. The van der Waals surface area contributed by atoms with Crippen LogP contribution < -0.4 is 30.3 Å². The first-order valence-electron chi connectivity index (χ1n) is 17.7. The number of carbonyl (C=O) groups excluding carboxylic acids is 2. The molecule has 0 atom stereocenters. The molecule has 12 nitrogen and oxygen atoms in total. The molecule has 0 amide bonds. The number of fused-ring (bicyclic) bond motifs is 4. The summed E-state index contributed by atoms with van der Waals surface area (Å²) in [5.41, 5.74) is 3.99. The predicted octanol–water partition coefficient (Wildman–Crippen LogP) is 3.79. The molecule has 0 aliphatic carbocycles. The highest BCUT2D eigenvalue weighted by molar-refractivity contribution is 6.31. The van der Waals surface area contributed by atoms with E-state index in [0.717, 1.165) is 110 Å². The van der Waals surface area contributed by atoms with E-state index >= 15 is 0 Å². The van der Waals surface area contributed by atoms with Gasteiger partial charge in [-0.3, -0.25) is 19.0 Å². The van der Waals surface area contributed by atoms with Crippen molar-refractivity contribution in [2.24, 2.45) is 0 Å². The molecule has 0 spiro atoms. The van der Waals surface area contributed by atoms with E-state index in [9.17, 15) is 19.8 Å². The lowest BCUT2D eigenvalue weighted by molar-refractivity contribution is -0.538. The first-order valence-corrected chi connectivity index (χ1v) is 18.5. The number of carboxylic acids is 2. The van der Waals surface area contributed by atoms with Gasteiger partial charge in [-0.1, -0.05) is 47.5 Å². The zero-order valence-electron chi connectivity index (χ0n) is 30.1. The maximum Gasteiger partial charge on any atom is 0.286 e. The largest absolute Gasteiger partial charge is 0.550 e. The second kappa shape index (κ2) is 17.8. The van der Waals surface area contributed by atoms with Crippen LogP contribution >= 0.6 is 23.2 Å². The van der Waals surface area contributed by atoms with E-state index in [1.165, 1.54) is 0 Å². The Labute approximate surface area is 324 Å². The van der Waals surface area contributed by atoms with Crippen molar-refractivity contribution in [3.63, 3.8) is 0 Å². The number of halogens is 2. The third kappa shape index (κ3) is 9.88. The minimum atomic E-state index is -1.37. The van der Waals surface area contributed by atoms with Crippen LogP contribution in [0.15, 0.2) is 84.9 Å². The number of nitrogens with zero attached hydrogens (tertiary/aromatic N) is 4. The number of hydrogen-bond donors (Lipinski definition) is 2. The summed E-state index contributed by atoms with van der Waals surface area (Å²) in [5, 5.41) is 27.6. The Hall–Kier alpha value is -5.14. The first-order chi connectivity index (χ1) is 26.0. The number of nitrogens with one attached hydrogen (secondary N) is 2. The molecule has 2 N–H and O–H groups in total. The molecular formula is C40H42Cl2N6O6. The Morgan fingerprint density at radius 2 is 0.981 bits per heavy atom. The minimum absolute atomic E-state index is 0.470. The van der Waals surface area contributed by atoms with Crippen molar-refractivity contribution < 1.29 is 38.4 Å². The van der Waals surface area contributed by atoms with Gasteiger partial charge in [-0.2, -0.15) is 0 Å². The summed E-state index contributed by atoms with van der Waals surface area (Å²) < 4.78 is 17.0. The van der Waals surface area contributed by atoms with Crippen molar-refractivity contribution in [1.29, 1.82) is 0 Å². The van der Waals surface area contributed by atoms with Crippen LogP contribution in [0.2, 0.25) is 10.0 Å². The number of aliphatic carboxylic acids is 2. The van der Waals surface area contributed by atoms with Crippen LogP contribution in [0.1, 0.15) is 24.0 Å². The van der Waals surface area contributed by atoms with Gasteiger partial charge in [0.2, 0.25) is 0 Å². The summed E-state index contributed by atoms with van der Waals surface area (Å²) in [4.78, 5) is 23.7. The van der Waals surface area contributed by atoms with Crippen molar-refractivity contribution in [1.82, 2.24) is 9.80 Å². The molecule has 14 heteroatoms. The maximum atomic E-state index is 9.50. The van der Waals surface area contributed by atoms with E-state index in [-0.39, 0.29) is 0 Å². The second-order valence-electron chi connectivity index (χ2n) is 13.2. The van der Waals surface area contributed by atoms with Crippen LogP contribution in [0, 0.1) is 0 Å². The summed E-state index contributed by atoms with van der Waals surface area (Å²) in [5.74, 6) is 2.74. The molecule has 2 saturated heterocycles. The van der Waals surface area contributed by atoms with Gasteiger partial charge in [0.25, 0.3) is 11.7 Å². The third-order valence-electron chi connectivity index (χ3n) is 9.29. The molecule has 4 aliphatic rings. The SMILES string of the molecule is CN1CC[N+](=C2Nc3ccccc3Oc3ccc(Cl)cc32)CC1.CN1CC[N+](=C2Nc3ccccc3Oc3ccc(Cl)cc32)CC1.O=C([O-])CCC(=O)[O-]. The Kier molecular flexibility index (Phi) is 12.7. The Morgan fingerprint density at radius 1 is 0.611 bits per heavy atom. The molecule has 0 unspecified atom stereocenters. The zero-order chi connectivity index (χ0) is 38.2. The molecule has 0 bridgehead atoms. The summed E-state index contributed by atoms with van der Waals surface area (Å²) in [7, 11) is 4.32. The number of benzene rings is 4. The zero-order valence-corrected chi connectivity index (χ0v) is 31.7. The quantitative estimate of drug-likeness (QED) is 0.297. The lowest BCUT2D eigenvalue weighted by Gasteiger charge is -2.24. The second-order valence-corrected chi connectivity index (χ2v) is 14.1. The van der Waals surface area contributed by atoms with Crippen molar-refractivity contribution >= 4 is 58.2 Å². The number of ether oxygens (including phenoxy) is 2. The van der Waals surface area contributed by atoms with E-state index in [4.69, 9.17) is 32.7 Å². The van der Waals surface area contributed by atoms with E-state index in [2.05, 4.69) is 43.7 Å². The molecule has 4 aliphatic heterocycles. The topological polar surface area (TPSA) is 135 Å². The Bertz CT molecular complexity index is 1920. The highest BCUT2D eigenvalue weighted by Gasteiger charge is 2.30. The van der Waals surface area contributed by atoms with E-state index in [0.29, 0.717) is 10.0 Å². The minimum Gasteiger partial charge on any atom is -0.550 e. The fraction of sp³-hybridized carbons (Fsp3) is 0.300. The molecule has 282 valence electrons. The first kappa shape index (κ1) is 38.6. The lowest BCUT2D eigenvalue weighted by atomic mass is 10.1. The monoisotopic (exact) mass is 772 g/mol. The number of para-hydroxylation sites is 4. The van der Waals surface area contributed by atoms with Gasteiger partial charge in [0.1, 0.15) is 22.6 Å². The fourth-order valence-electron chi connectivity index (χ4n) is 6.26. The molecule has 4 aromatic rings. The number of piperazine rings is 2. The fourth-order valence-corrected chi connectivity index (χ4v) is 6.60. The maximum absolute atomic E-state index is 9.50. The van der Waals surface area contributed by atoms with Gasteiger partial charge in [-0.15, -0.1) is 0 Å². The van der Waals surface area contributed by atoms with Gasteiger partial charge in [0.05, 0.1) is 26.2 Å². The average molecular weight is 774 g/mol.